The molecule has 0 saturated carbocycles. The molecule has 8 rings (SSSR count). The number of ether oxygens (including phenoxy) is 3. The normalized spacial score (nSPS) is 21.0. The Balaban J connectivity index is 1.24. The van der Waals surface area contributed by atoms with Crippen LogP contribution in [0, 0.1) is 5.92 Å². The molecule has 0 fully saturated rings. The van der Waals surface area contributed by atoms with Crippen LogP contribution in [0.4, 0.5) is 0 Å². The van der Waals surface area contributed by atoms with E-state index < -0.39 is 35.4 Å². The second-order valence-corrected chi connectivity index (χ2v) is 15.1. The molecule has 1 N–H and O–H groups in total. The zero-order valence-electron chi connectivity index (χ0n) is 31.0. The Morgan fingerprint density at radius 3 is 2.28 bits per heavy atom. The highest BCUT2D eigenvalue weighted by atomic mass is 16.6. The zero-order valence-corrected chi connectivity index (χ0v) is 31.0. The van der Waals surface area contributed by atoms with Crippen LogP contribution in [0.15, 0.2) is 123 Å². The molecule has 8 heteroatoms. The van der Waals surface area contributed by atoms with E-state index in [2.05, 4.69) is 72.8 Å². The molecule has 0 aliphatic carbocycles. The molecule has 0 radical (unpaired) electrons. The largest absolute Gasteiger partial charge is 0.483 e. The van der Waals surface area contributed by atoms with E-state index in [4.69, 9.17) is 18.6 Å². The average Bonchev–Trinajstić information content (AvgIpc) is 3.15. The van der Waals surface area contributed by atoms with Crippen molar-refractivity contribution in [3.8, 4) is 5.75 Å². The van der Waals surface area contributed by atoms with Crippen LogP contribution in [0.25, 0.3) is 11.0 Å². The Morgan fingerprint density at radius 1 is 0.778 bits per heavy atom. The number of fused-ring (bicyclic) bond motifs is 13. The summed E-state index contributed by atoms with van der Waals surface area (Å²) in [6.45, 7) is 4.94. The lowest BCUT2D eigenvalue weighted by Gasteiger charge is -2.43. The van der Waals surface area contributed by atoms with Gasteiger partial charge in [-0.1, -0.05) is 78.9 Å². The summed E-state index contributed by atoms with van der Waals surface area (Å²) < 4.78 is 24.8. The molecule has 3 unspecified atom stereocenters. The van der Waals surface area contributed by atoms with Crippen LogP contribution in [-0.4, -0.2) is 35.4 Å². The SMILES string of the molecule is CC(CO)=C1CCc2ccc(cc2)CC(CCc2cccc(Cc3ccccc3)c2)CC(=O)OC2c3c(ccc4ccc(=O)oc34)OC(C)(C)C2OC1=O. The Morgan fingerprint density at radius 2 is 1.50 bits per heavy atom. The van der Waals surface area contributed by atoms with Crippen LogP contribution < -0.4 is 10.4 Å². The first-order chi connectivity index (χ1) is 26.1. The van der Waals surface area contributed by atoms with E-state index in [1.807, 2.05) is 6.07 Å². The molecule has 3 aliphatic heterocycles. The topological polar surface area (TPSA) is 112 Å². The van der Waals surface area contributed by atoms with Gasteiger partial charge in [-0.05, 0) is 117 Å². The van der Waals surface area contributed by atoms with Crippen molar-refractivity contribution in [2.24, 2.45) is 5.92 Å². The second kappa shape index (κ2) is 15.9. The van der Waals surface area contributed by atoms with Crippen molar-refractivity contribution in [1.29, 1.82) is 0 Å². The number of carbonyl (C=O) groups is 2. The van der Waals surface area contributed by atoms with Gasteiger partial charge in [0.25, 0.3) is 0 Å². The van der Waals surface area contributed by atoms with E-state index in [9.17, 15) is 19.5 Å². The van der Waals surface area contributed by atoms with Gasteiger partial charge in [0.2, 0.25) is 0 Å². The highest BCUT2D eigenvalue weighted by Gasteiger charge is 2.50. The summed E-state index contributed by atoms with van der Waals surface area (Å²) in [5, 5.41) is 10.7. The van der Waals surface area contributed by atoms with Crippen LogP contribution in [-0.2, 0) is 44.7 Å². The van der Waals surface area contributed by atoms with Crippen molar-refractivity contribution in [3.05, 3.63) is 158 Å². The fraction of sp³-hybridized carbons (Fsp3) is 0.326. The van der Waals surface area contributed by atoms with Crippen molar-refractivity contribution in [2.75, 3.05) is 6.61 Å². The maximum atomic E-state index is 14.3. The van der Waals surface area contributed by atoms with Gasteiger partial charge in [0, 0.05) is 23.4 Å². The Bertz CT molecular complexity index is 2230. The summed E-state index contributed by atoms with van der Waals surface area (Å²) >= 11 is 0. The molecule has 4 heterocycles. The molecule has 8 nitrogen and oxygen atoms in total. The molecule has 0 amide bonds. The molecular formula is C46H46O8. The molecule has 4 aromatic carbocycles. The standard InChI is InChI=1S/C46H46O8/c1-29(28-47)37-21-18-30-12-14-33(15-13-30)26-35(17-16-32-10-7-11-34(25-32)24-31-8-5-4-6-9-31)27-40(49)52-43-41-38(54-46(2,3)44(43)53-45(37)50)22-19-36-20-23-39(48)51-42(36)41/h4-15,19-20,22-23,25,35,43-44,47H,16-18,21,24,26-28H2,1-3H3. The number of aryl methyl sites for hydroxylation is 2. The van der Waals surface area contributed by atoms with Crippen molar-refractivity contribution < 1.29 is 33.3 Å². The van der Waals surface area contributed by atoms with Crippen molar-refractivity contribution in [1.82, 2.24) is 0 Å². The van der Waals surface area contributed by atoms with E-state index >= 15 is 0 Å². The van der Waals surface area contributed by atoms with Gasteiger partial charge in [-0.25, -0.2) is 9.59 Å². The third-order valence-corrected chi connectivity index (χ3v) is 10.6. The maximum absolute atomic E-state index is 14.3. The van der Waals surface area contributed by atoms with Crippen LogP contribution in [0.2, 0.25) is 0 Å². The van der Waals surface area contributed by atoms with Gasteiger partial charge >= 0.3 is 17.6 Å². The Labute approximate surface area is 315 Å². The lowest BCUT2D eigenvalue weighted by Crippen LogP contribution is -2.52. The molecule has 0 saturated heterocycles. The number of hydrogen-bond acceptors (Lipinski definition) is 8. The minimum atomic E-state index is -1.15. The monoisotopic (exact) mass is 726 g/mol. The van der Waals surface area contributed by atoms with E-state index in [1.54, 1.807) is 39.0 Å². The summed E-state index contributed by atoms with van der Waals surface area (Å²) in [6.07, 6.45) is 1.78. The van der Waals surface area contributed by atoms with Gasteiger partial charge in [-0.15, -0.1) is 0 Å². The fourth-order valence-corrected chi connectivity index (χ4v) is 7.69. The molecule has 54 heavy (non-hydrogen) atoms. The van der Waals surface area contributed by atoms with Gasteiger partial charge in [-0.3, -0.25) is 4.79 Å². The van der Waals surface area contributed by atoms with Crippen molar-refractivity contribution in [2.45, 2.75) is 83.5 Å². The first-order valence-corrected chi connectivity index (χ1v) is 18.7. The molecular weight excluding hydrogens is 680 g/mol. The molecule has 3 atom stereocenters. The lowest BCUT2D eigenvalue weighted by atomic mass is 9.86. The number of aliphatic hydroxyl groups is 1. The number of carbonyl (C=O) groups excluding carboxylic acids is 2. The van der Waals surface area contributed by atoms with Crippen LogP contribution >= 0.6 is 0 Å². The minimum Gasteiger partial charge on any atom is -0.483 e. The molecule has 0 spiro atoms. The highest BCUT2D eigenvalue weighted by Crippen LogP contribution is 2.47. The quantitative estimate of drug-likeness (QED) is 0.106. The van der Waals surface area contributed by atoms with Crippen molar-refractivity contribution >= 4 is 22.9 Å². The third kappa shape index (κ3) is 8.34. The number of hydrogen-bond donors (Lipinski definition) is 1. The van der Waals surface area contributed by atoms with Crippen molar-refractivity contribution in [3.63, 3.8) is 0 Å². The number of benzene rings is 4. The first kappa shape index (κ1) is 36.9. The fourth-order valence-electron chi connectivity index (χ4n) is 7.69. The maximum Gasteiger partial charge on any atom is 0.336 e. The van der Waals surface area contributed by atoms with Crippen LogP contribution in [0.5, 0.6) is 5.75 Å². The van der Waals surface area contributed by atoms with Gasteiger partial charge in [-0.2, -0.15) is 0 Å². The average molecular weight is 727 g/mol. The summed E-state index contributed by atoms with van der Waals surface area (Å²) in [5.41, 5.74) is 5.49. The van der Waals surface area contributed by atoms with Gasteiger partial charge in [0.1, 0.15) is 16.9 Å². The highest BCUT2D eigenvalue weighted by molar-refractivity contribution is 5.90. The summed E-state index contributed by atoms with van der Waals surface area (Å²) in [5.74, 6) is -0.788. The number of esters is 2. The summed E-state index contributed by atoms with van der Waals surface area (Å²) in [4.78, 5) is 40.8. The molecule has 278 valence electrons. The van der Waals surface area contributed by atoms with Gasteiger partial charge in [0.05, 0.1) is 12.2 Å². The second-order valence-electron chi connectivity index (χ2n) is 15.1. The Hall–Kier alpha value is -5.47. The van der Waals surface area contributed by atoms with Gasteiger partial charge in [0.15, 0.2) is 12.2 Å². The van der Waals surface area contributed by atoms with E-state index in [-0.39, 0.29) is 24.5 Å². The zero-order chi connectivity index (χ0) is 37.8. The molecule has 2 bridgehead atoms. The molecule has 3 aliphatic rings. The van der Waals surface area contributed by atoms with Crippen LogP contribution in [0.1, 0.15) is 79.5 Å². The van der Waals surface area contributed by atoms with E-state index in [0.29, 0.717) is 47.1 Å². The smallest absolute Gasteiger partial charge is 0.336 e. The molecule has 1 aromatic heterocycles. The van der Waals surface area contributed by atoms with Gasteiger partial charge < -0.3 is 23.7 Å². The third-order valence-electron chi connectivity index (χ3n) is 10.6. The van der Waals surface area contributed by atoms with E-state index in [1.165, 1.54) is 22.8 Å². The number of aliphatic hydroxyl groups excluding tert-OH is 1. The van der Waals surface area contributed by atoms with Crippen LogP contribution in [0.3, 0.4) is 0 Å². The Kier molecular flexibility index (Phi) is 10.8. The summed E-state index contributed by atoms with van der Waals surface area (Å²) in [7, 11) is 0. The summed E-state index contributed by atoms with van der Waals surface area (Å²) in [6, 6.07) is 33.8. The minimum absolute atomic E-state index is 0.0606. The number of rotatable bonds is 6. The first-order valence-electron chi connectivity index (χ1n) is 18.7. The molecule has 5 aromatic rings. The predicted octanol–water partition coefficient (Wildman–Crippen LogP) is 8.19. The van der Waals surface area contributed by atoms with E-state index in [0.717, 1.165) is 30.4 Å². The predicted molar refractivity (Wildman–Crippen MR) is 206 cm³/mol. The lowest BCUT2D eigenvalue weighted by molar-refractivity contribution is -0.188.